The number of hydrogen-bond donors (Lipinski definition) is 2. The van der Waals surface area contributed by atoms with Gasteiger partial charge in [0.2, 0.25) is 0 Å². The van der Waals surface area contributed by atoms with E-state index < -0.39 is 35.6 Å². The predicted molar refractivity (Wildman–Crippen MR) is 95.7 cm³/mol. The minimum absolute atomic E-state index is 0.0949. The van der Waals surface area contributed by atoms with Gasteiger partial charge in [0.1, 0.15) is 11.6 Å². The Balaban J connectivity index is 2.87. The van der Waals surface area contributed by atoms with Gasteiger partial charge in [-0.15, -0.1) is 0 Å². The zero-order chi connectivity index (χ0) is 19.7. The van der Waals surface area contributed by atoms with Crippen molar-refractivity contribution in [2.24, 2.45) is 5.92 Å². The van der Waals surface area contributed by atoms with Gasteiger partial charge in [0.05, 0.1) is 12.5 Å². The predicted octanol–water partition coefficient (Wildman–Crippen LogP) is 2.78. The third-order valence-electron chi connectivity index (χ3n) is 3.45. The maximum absolute atomic E-state index is 12.3. The minimum Gasteiger partial charge on any atom is -0.480 e. The second kappa shape index (κ2) is 9.79. The van der Waals surface area contributed by atoms with E-state index in [1.54, 1.807) is 27.7 Å². The number of carbonyl (C=O) groups is 3. The molecule has 1 amide bonds. The van der Waals surface area contributed by atoms with Gasteiger partial charge >= 0.3 is 18.0 Å². The molecule has 0 saturated carbocycles. The van der Waals surface area contributed by atoms with Crippen molar-refractivity contribution in [1.82, 2.24) is 5.32 Å². The zero-order valence-corrected chi connectivity index (χ0v) is 15.7. The molecule has 0 saturated heterocycles. The third kappa shape index (κ3) is 8.00. The molecule has 2 atom stereocenters. The van der Waals surface area contributed by atoms with Crippen molar-refractivity contribution in [1.29, 1.82) is 0 Å². The molecule has 0 spiro atoms. The molecule has 0 aromatic heterocycles. The van der Waals surface area contributed by atoms with E-state index in [1.165, 1.54) is 0 Å². The highest BCUT2D eigenvalue weighted by Crippen LogP contribution is 2.17. The summed E-state index contributed by atoms with van der Waals surface area (Å²) in [5.74, 6) is -2.43. The Labute approximate surface area is 153 Å². The number of aliphatic carboxylic acids is 1. The third-order valence-corrected chi connectivity index (χ3v) is 3.45. The molecule has 1 aromatic rings. The van der Waals surface area contributed by atoms with Crippen molar-refractivity contribution >= 4 is 18.0 Å². The lowest BCUT2D eigenvalue weighted by Gasteiger charge is -2.24. The molecule has 2 N–H and O–H groups in total. The number of ether oxygens (including phenoxy) is 2. The summed E-state index contributed by atoms with van der Waals surface area (Å²) in [5, 5.41) is 11.7. The van der Waals surface area contributed by atoms with E-state index in [4.69, 9.17) is 9.47 Å². The fourth-order valence-corrected chi connectivity index (χ4v) is 2.38. The van der Waals surface area contributed by atoms with Crippen LogP contribution in [-0.4, -0.2) is 41.4 Å². The molecule has 0 bridgehead atoms. The molecule has 1 rings (SSSR count). The lowest BCUT2D eigenvalue weighted by atomic mass is 9.92. The molecule has 1 aromatic carbocycles. The second-order valence-corrected chi connectivity index (χ2v) is 6.91. The Kier molecular flexibility index (Phi) is 8.09. The van der Waals surface area contributed by atoms with Gasteiger partial charge in [0.25, 0.3) is 0 Å². The monoisotopic (exact) mass is 365 g/mol. The number of nitrogens with one attached hydrogen (secondary N) is 1. The fourth-order valence-electron chi connectivity index (χ4n) is 2.38. The first-order chi connectivity index (χ1) is 12.1. The molecule has 7 heteroatoms. The van der Waals surface area contributed by atoms with Gasteiger partial charge < -0.3 is 19.9 Å². The van der Waals surface area contributed by atoms with E-state index in [1.807, 2.05) is 30.3 Å². The Morgan fingerprint density at radius 1 is 1.15 bits per heavy atom. The van der Waals surface area contributed by atoms with Crippen LogP contribution in [0.2, 0.25) is 0 Å². The normalized spacial score (nSPS) is 13.4. The molecule has 0 aliphatic heterocycles. The molecule has 144 valence electrons. The van der Waals surface area contributed by atoms with Crippen molar-refractivity contribution in [2.75, 3.05) is 6.61 Å². The molecular weight excluding hydrogens is 338 g/mol. The van der Waals surface area contributed by atoms with Crippen LogP contribution in [0.1, 0.15) is 39.7 Å². The molecule has 0 fully saturated rings. The Bertz CT molecular complexity index is 608. The van der Waals surface area contributed by atoms with E-state index in [2.05, 4.69) is 5.32 Å². The minimum atomic E-state index is -1.26. The maximum atomic E-state index is 12.3. The highest BCUT2D eigenvalue weighted by Gasteiger charge is 2.30. The summed E-state index contributed by atoms with van der Waals surface area (Å²) in [6.07, 6.45) is -0.617. The van der Waals surface area contributed by atoms with Gasteiger partial charge in [-0.3, -0.25) is 4.79 Å². The van der Waals surface area contributed by atoms with E-state index in [0.717, 1.165) is 5.56 Å². The van der Waals surface area contributed by atoms with Crippen LogP contribution in [0.25, 0.3) is 0 Å². The van der Waals surface area contributed by atoms with Crippen molar-refractivity contribution in [3.05, 3.63) is 35.9 Å². The van der Waals surface area contributed by atoms with Crippen LogP contribution >= 0.6 is 0 Å². The smallest absolute Gasteiger partial charge is 0.408 e. The lowest BCUT2D eigenvalue weighted by Crippen LogP contribution is -2.45. The van der Waals surface area contributed by atoms with Crippen LogP contribution < -0.4 is 5.32 Å². The van der Waals surface area contributed by atoms with Crippen molar-refractivity contribution in [3.63, 3.8) is 0 Å². The average molecular weight is 365 g/mol. The van der Waals surface area contributed by atoms with Crippen LogP contribution in [0, 0.1) is 5.92 Å². The average Bonchev–Trinajstić information content (AvgIpc) is 2.52. The fraction of sp³-hybridized carbons (Fsp3) is 0.526. The number of esters is 1. The number of alkyl carbamates (subject to hydrolysis) is 1. The second-order valence-electron chi connectivity index (χ2n) is 6.91. The first-order valence-corrected chi connectivity index (χ1v) is 8.55. The van der Waals surface area contributed by atoms with E-state index in [-0.39, 0.29) is 13.0 Å². The van der Waals surface area contributed by atoms with E-state index in [9.17, 15) is 19.5 Å². The molecule has 0 aliphatic rings. The summed E-state index contributed by atoms with van der Waals surface area (Å²) in [4.78, 5) is 35.7. The summed E-state index contributed by atoms with van der Waals surface area (Å²) in [6, 6.07) is 7.97. The van der Waals surface area contributed by atoms with E-state index >= 15 is 0 Å². The Morgan fingerprint density at radius 2 is 1.77 bits per heavy atom. The van der Waals surface area contributed by atoms with Crippen LogP contribution in [0.15, 0.2) is 30.3 Å². The number of amides is 1. The van der Waals surface area contributed by atoms with Gasteiger partial charge in [-0.05, 0) is 46.1 Å². The molecular formula is C19H27NO6. The summed E-state index contributed by atoms with van der Waals surface area (Å²) in [6.45, 7) is 6.92. The highest BCUT2D eigenvalue weighted by molar-refractivity contribution is 5.81. The molecule has 26 heavy (non-hydrogen) atoms. The Morgan fingerprint density at radius 3 is 2.27 bits per heavy atom. The van der Waals surface area contributed by atoms with Gasteiger partial charge in [0.15, 0.2) is 0 Å². The van der Waals surface area contributed by atoms with Crippen molar-refractivity contribution in [2.45, 2.75) is 52.2 Å². The van der Waals surface area contributed by atoms with Crippen LogP contribution in [0.5, 0.6) is 0 Å². The van der Waals surface area contributed by atoms with Crippen LogP contribution in [0.3, 0.4) is 0 Å². The van der Waals surface area contributed by atoms with Crippen molar-refractivity contribution in [3.8, 4) is 0 Å². The van der Waals surface area contributed by atoms with Gasteiger partial charge in [-0.25, -0.2) is 9.59 Å². The zero-order valence-electron chi connectivity index (χ0n) is 15.7. The Hall–Kier alpha value is -2.57. The van der Waals surface area contributed by atoms with Gasteiger partial charge in [-0.1, -0.05) is 30.3 Å². The number of carbonyl (C=O) groups excluding carboxylic acids is 2. The number of benzene rings is 1. The molecule has 7 nitrogen and oxygen atoms in total. The van der Waals surface area contributed by atoms with Crippen LogP contribution in [0.4, 0.5) is 4.79 Å². The highest BCUT2D eigenvalue weighted by atomic mass is 16.6. The summed E-state index contributed by atoms with van der Waals surface area (Å²) in [5.41, 5.74) is 0.129. The molecule has 2 unspecified atom stereocenters. The van der Waals surface area contributed by atoms with Crippen LogP contribution in [-0.2, 0) is 25.5 Å². The molecule has 0 heterocycles. The summed E-state index contributed by atoms with van der Waals surface area (Å²) in [7, 11) is 0. The van der Waals surface area contributed by atoms with Crippen molar-refractivity contribution < 1.29 is 29.0 Å². The quantitative estimate of drug-likeness (QED) is 0.687. The summed E-state index contributed by atoms with van der Waals surface area (Å²) < 4.78 is 10.2. The number of hydrogen-bond acceptors (Lipinski definition) is 5. The van der Waals surface area contributed by atoms with Gasteiger partial charge in [0, 0.05) is 0 Å². The first-order valence-electron chi connectivity index (χ1n) is 8.55. The molecule has 0 aliphatic carbocycles. The lowest BCUT2D eigenvalue weighted by molar-refractivity contribution is -0.149. The number of carboxylic acid groups (broad SMARTS) is 1. The number of rotatable bonds is 8. The molecule has 0 radical (unpaired) electrons. The van der Waals surface area contributed by atoms with E-state index in [0.29, 0.717) is 6.42 Å². The largest absolute Gasteiger partial charge is 0.480 e. The topological polar surface area (TPSA) is 102 Å². The van der Waals surface area contributed by atoms with Gasteiger partial charge in [-0.2, -0.15) is 0 Å². The SMILES string of the molecule is CCOC(=O)C(Cc1ccccc1)CC(NC(=O)OC(C)(C)C)C(=O)O. The maximum Gasteiger partial charge on any atom is 0.408 e. The first kappa shape index (κ1) is 21.5. The number of carboxylic acids is 1. The summed E-state index contributed by atoms with van der Waals surface area (Å²) >= 11 is 0. The standard InChI is InChI=1S/C19H27NO6/c1-5-25-17(23)14(11-13-9-7-6-8-10-13)12-15(16(21)22)20-18(24)26-19(2,3)4/h6-10,14-15H,5,11-12H2,1-4H3,(H,20,24)(H,21,22).